The summed E-state index contributed by atoms with van der Waals surface area (Å²) < 4.78 is 7.35. The third-order valence-corrected chi connectivity index (χ3v) is 3.67. The van der Waals surface area contributed by atoms with Gasteiger partial charge in [-0.15, -0.1) is 24.0 Å². The largest absolute Gasteiger partial charge is 0.466 e. The second-order valence-corrected chi connectivity index (χ2v) is 5.62. The molecule has 2 heterocycles. The number of furan rings is 1. The molecule has 2 N–H and O–H groups in total. The molecule has 0 aliphatic heterocycles. The number of hydrogen-bond acceptors (Lipinski definition) is 3. The number of aliphatic imine (C=N–C) groups is 1. The van der Waals surface area contributed by atoms with E-state index in [1.165, 1.54) is 5.69 Å². The molecule has 0 radical (unpaired) electrons. The average Bonchev–Trinajstić information content (AvgIpc) is 3.12. The zero-order valence-corrected chi connectivity index (χ0v) is 16.3. The van der Waals surface area contributed by atoms with Crippen molar-refractivity contribution in [2.24, 2.45) is 12.0 Å². The summed E-state index contributed by atoms with van der Waals surface area (Å²) >= 11 is 0. The van der Waals surface area contributed by atoms with Gasteiger partial charge in [0, 0.05) is 33.0 Å². The second-order valence-electron chi connectivity index (χ2n) is 5.62. The molecule has 0 aliphatic rings. The van der Waals surface area contributed by atoms with Gasteiger partial charge in [0.15, 0.2) is 5.96 Å². The van der Waals surface area contributed by atoms with E-state index in [1.807, 2.05) is 31.3 Å². The van der Waals surface area contributed by atoms with Crippen LogP contribution in [-0.2, 0) is 19.2 Å². The van der Waals surface area contributed by atoms with Gasteiger partial charge in [-0.2, -0.15) is 0 Å². The van der Waals surface area contributed by atoms with Crippen molar-refractivity contribution in [2.45, 2.75) is 19.1 Å². The molecular weight excluding hydrogens is 407 g/mol. The molecule has 23 heavy (non-hydrogen) atoms. The molecule has 2 aromatic heterocycles. The van der Waals surface area contributed by atoms with E-state index in [9.17, 15) is 5.11 Å². The SMILES string of the molecule is CN=C(NCC(C)(O)c1ccco1)N(C)Cc1cccn1C.I. The number of halogens is 1. The molecule has 6 nitrogen and oxygen atoms in total. The molecule has 1 unspecified atom stereocenters. The third-order valence-electron chi connectivity index (χ3n) is 3.67. The lowest BCUT2D eigenvalue weighted by atomic mass is 10.0. The van der Waals surface area contributed by atoms with Crippen LogP contribution in [0.1, 0.15) is 18.4 Å². The lowest BCUT2D eigenvalue weighted by Crippen LogP contribution is -2.45. The first-order chi connectivity index (χ1) is 10.4. The summed E-state index contributed by atoms with van der Waals surface area (Å²) in [5, 5.41) is 13.7. The number of hydrogen-bond donors (Lipinski definition) is 2. The van der Waals surface area contributed by atoms with Crippen LogP contribution < -0.4 is 5.32 Å². The minimum absolute atomic E-state index is 0. The highest BCUT2D eigenvalue weighted by Gasteiger charge is 2.26. The molecule has 0 aromatic carbocycles. The van der Waals surface area contributed by atoms with Gasteiger partial charge in [-0.3, -0.25) is 4.99 Å². The first-order valence-electron chi connectivity index (χ1n) is 7.22. The van der Waals surface area contributed by atoms with Crippen LogP contribution in [0.4, 0.5) is 0 Å². The molecule has 1 atom stereocenters. The van der Waals surface area contributed by atoms with Crippen molar-refractivity contribution in [3.05, 3.63) is 48.2 Å². The van der Waals surface area contributed by atoms with E-state index >= 15 is 0 Å². The van der Waals surface area contributed by atoms with E-state index in [1.54, 1.807) is 32.4 Å². The number of aromatic nitrogens is 1. The van der Waals surface area contributed by atoms with Crippen molar-refractivity contribution >= 4 is 29.9 Å². The highest BCUT2D eigenvalue weighted by atomic mass is 127. The molecule has 128 valence electrons. The Balaban J connectivity index is 0.00000264. The molecule has 7 heteroatoms. The van der Waals surface area contributed by atoms with Crippen LogP contribution in [0.25, 0.3) is 0 Å². The van der Waals surface area contributed by atoms with Gasteiger partial charge in [0.05, 0.1) is 19.4 Å². The monoisotopic (exact) mass is 432 g/mol. The number of aliphatic hydroxyl groups is 1. The van der Waals surface area contributed by atoms with Gasteiger partial charge in [-0.1, -0.05) is 0 Å². The predicted molar refractivity (Wildman–Crippen MR) is 102 cm³/mol. The van der Waals surface area contributed by atoms with Crippen LogP contribution in [0.3, 0.4) is 0 Å². The quantitative estimate of drug-likeness (QED) is 0.432. The zero-order chi connectivity index (χ0) is 16.2. The Kier molecular flexibility index (Phi) is 7.14. The summed E-state index contributed by atoms with van der Waals surface area (Å²) in [6.07, 6.45) is 3.57. The molecule has 2 aromatic rings. The molecule has 0 spiro atoms. The van der Waals surface area contributed by atoms with Gasteiger partial charge in [0.25, 0.3) is 0 Å². The number of aryl methyl sites for hydroxylation is 1. The number of rotatable bonds is 5. The molecule has 0 fully saturated rings. The summed E-state index contributed by atoms with van der Waals surface area (Å²) in [5.74, 6) is 1.24. The molecule has 0 saturated carbocycles. The van der Waals surface area contributed by atoms with Gasteiger partial charge in [-0.05, 0) is 31.2 Å². The van der Waals surface area contributed by atoms with Crippen LogP contribution >= 0.6 is 24.0 Å². The van der Waals surface area contributed by atoms with E-state index < -0.39 is 5.60 Å². The van der Waals surface area contributed by atoms with Gasteiger partial charge >= 0.3 is 0 Å². The average molecular weight is 432 g/mol. The highest BCUT2D eigenvalue weighted by molar-refractivity contribution is 14.0. The second kappa shape index (κ2) is 8.39. The van der Waals surface area contributed by atoms with E-state index in [4.69, 9.17) is 4.42 Å². The zero-order valence-electron chi connectivity index (χ0n) is 14.0. The van der Waals surface area contributed by atoms with Crippen molar-refractivity contribution in [1.29, 1.82) is 0 Å². The maximum absolute atomic E-state index is 10.5. The first kappa shape index (κ1) is 19.6. The Labute approximate surface area is 154 Å². The minimum Gasteiger partial charge on any atom is -0.466 e. The molecule has 0 saturated heterocycles. The Hall–Kier alpha value is -1.48. The van der Waals surface area contributed by atoms with Crippen molar-refractivity contribution < 1.29 is 9.52 Å². The Morgan fingerprint density at radius 3 is 2.70 bits per heavy atom. The molecule has 0 amide bonds. The highest BCUT2D eigenvalue weighted by Crippen LogP contribution is 2.19. The summed E-state index contributed by atoms with van der Waals surface area (Å²) in [6, 6.07) is 7.61. The van der Waals surface area contributed by atoms with Gasteiger partial charge in [0.2, 0.25) is 0 Å². The van der Waals surface area contributed by atoms with Crippen molar-refractivity contribution in [1.82, 2.24) is 14.8 Å². The van der Waals surface area contributed by atoms with Gasteiger partial charge < -0.3 is 24.3 Å². The Morgan fingerprint density at radius 1 is 1.43 bits per heavy atom. The van der Waals surface area contributed by atoms with Crippen LogP contribution in [0.15, 0.2) is 46.1 Å². The fourth-order valence-corrected chi connectivity index (χ4v) is 2.29. The third kappa shape index (κ3) is 5.00. The van der Waals surface area contributed by atoms with E-state index in [0.29, 0.717) is 18.3 Å². The fourth-order valence-electron chi connectivity index (χ4n) is 2.29. The van der Waals surface area contributed by atoms with E-state index in [0.717, 1.165) is 6.54 Å². The molecule has 0 bridgehead atoms. The van der Waals surface area contributed by atoms with Crippen LogP contribution in [0.5, 0.6) is 0 Å². The molecule has 0 aliphatic carbocycles. The first-order valence-corrected chi connectivity index (χ1v) is 7.22. The number of nitrogens with zero attached hydrogens (tertiary/aromatic N) is 3. The van der Waals surface area contributed by atoms with Crippen molar-refractivity contribution in [3.63, 3.8) is 0 Å². The smallest absolute Gasteiger partial charge is 0.193 e. The Bertz CT molecular complexity index is 620. The lowest BCUT2D eigenvalue weighted by Gasteiger charge is -2.26. The van der Waals surface area contributed by atoms with Gasteiger partial charge in [0.1, 0.15) is 11.4 Å². The standard InChI is InChI=1S/C16H24N4O2.HI/c1-16(21,14-8-6-10-22-14)12-18-15(17-2)20(4)11-13-7-5-9-19(13)3;/h5-10,21H,11-12H2,1-4H3,(H,17,18);1H. The number of nitrogens with one attached hydrogen (secondary N) is 1. The summed E-state index contributed by atoms with van der Waals surface area (Å²) in [5.41, 5.74) is 0.0915. The predicted octanol–water partition coefficient (Wildman–Crippen LogP) is 2.15. The summed E-state index contributed by atoms with van der Waals surface area (Å²) in [4.78, 5) is 6.27. The van der Waals surface area contributed by atoms with Crippen LogP contribution in [-0.4, -0.2) is 41.2 Å². The van der Waals surface area contributed by atoms with Crippen LogP contribution in [0.2, 0.25) is 0 Å². The summed E-state index contributed by atoms with van der Waals surface area (Å²) in [7, 11) is 5.70. The fraction of sp³-hybridized carbons (Fsp3) is 0.438. The topological polar surface area (TPSA) is 65.9 Å². The van der Waals surface area contributed by atoms with Crippen LogP contribution in [0, 0.1) is 0 Å². The normalized spacial score (nSPS) is 14.0. The van der Waals surface area contributed by atoms with Crippen molar-refractivity contribution in [2.75, 3.05) is 20.6 Å². The lowest BCUT2D eigenvalue weighted by molar-refractivity contribution is 0.0381. The maximum atomic E-state index is 10.5. The molecular formula is C16H25IN4O2. The van der Waals surface area contributed by atoms with E-state index in [2.05, 4.69) is 20.9 Å². The minimum atomic E-state index is -1.09. The number of guanidine groups is 1. The summed E-state index contributed by atoms with van der Waals surface area (Å²) in [6.45, 7) is 2.75. The van der Waals surface area contributed by atoms with Crippen molar-refractivity contribution in [3.8, 4) is 0 Å². The van der Waals surface area contributed by atoms with Gasteiger partial charge in [-0.25, -0.2) is 0 Å². The van der Waals surface area contributed by atoms with E-state index in [-0.39, 0.29) is 24.0 Å². The molecule has 2 rings (SSSR count). The Morgan fingerprint density at radius 2 is 2.17 bits per heavy atom. The maximum Gasteiger partial charge on any atom is 0.193 e.